The number of amides is 2. The molecule has 3 atom stereocenters. The Labute approximate surface area is 162 Å². The molecule has 11 heteroatoms. The van der Waals surface area contributed by atoms with Crippen LogP contribution in [0.4, 0.5) is 26.3 Å². The van der Waals surface area contributed by atoms with Crippen LogP contribution in [0.1, 0.15) is 29.3 Å². The third-order valence-electron chi connectivity index (χ3n) is 4.99. The summed E-state index contributed by atoms with van der Waals surface area (Å²) in [6.07, 6.45) is -12.5. The minimum Gasteiger partial charge on any atom is -0.376 e. The summed E-state index contributed by atoms with van der Waals surface area (Å²) in [6, 6.07) is 3.28. The molecule has 1 saturated heterocycles. The SMILES string of the molecule is CC1CN(C(=O)[C@@H](O)C(F)(F)F)CCC1N(C)C(=O)c1ccc(C(F)(F)F)cc1. The van der Waals surface area contributed by atoms with Crippen LogP contribution in [0, 0.1) is 5.92 Å². The van der Waals surface area contributed by atoms with E-state index < -0.39 is 47.8 Å². The van der Waals surface area contributed by atoms with Crippen molar-refractivity contribution in [2.75, 3.05) is 20.1 Å². The average Bonchev–Trinajstić information content (AvgIpc) is 2.64. The van der Waals surface area contributed by atoms with Gasteiger partial charge in [0.25, 0.3) is 11.8 Å². The zero-order chi connectivity index (χ0) is 22.1. The predicted octanol–water partition coefficient (Wildman–Crippen LogP) is 2.94. The molecule has 1 N–H and O–H groups in total. The first-order valence-electron chi connectivity index (χ1n) is 8.71. The molecule has 2 unspecified atom stereocenters. The fourth-order valence-corrected chi connectivity index (χ4v) is 3.38. The molecule has 0 bridgehead atoms. The summed E-state index contributed by atoms with van der Waals surface area (Å²) >= 11 is 0. The van der Waals surface area contributed by atoms with Gasteiger partial charge in [0, 0.05) is 31.7 Å². The highest BCUT2D eigenvalue weighted by Crippen LogP contribution is 2.30. The fourth-order valence-electron chi connectivity index (χ4n) is 3.38. The maximum absolute atomic E-state index is 12.6. The summed E-state index contributed by atoms with van der Waals surface area (Å²) < 4.78 is 75.5. The summed E-state index contributed by atoms with van der Waals surface area (Å²) in [5, 5.41) is 9.12. The summed E-state index contributed by atoms with van der Waals surface area (Å²) in [5.41, 5.74) is -0.848. The Kier molecular flexibility index (Phi) is 6.51. The van der Waals surface area contributed by atoms with Gasteiger partial charge in [-0.2, -0.15) is 26.3 Å². The molecule has 1 heterocycles. The van der Waals surface area contributed by atoms with Gasteiger partial charge in [-0.1, -0.05) is 6.92 Å². The number of hydrogen-bond acceptors (Lipinski definition) is 3. The highest BCUT2D eigenvalue weighted by Gasteiger charge is 2.46. The van der Waals surface area contributed by atoms with Crippen LogP contribution in [0.25, 0.3) is 0 Å². The Morgan fingerprint density at radius 1 is 1.14 bits per heavy atom. The number of aliphatic hydroxyl groups is 1. The van der Waals surface area contributed by atoms with E-state index in [9.17, 15) is 35.9 Å². The van der Waals surface area contributed by atoms with Crippen molar-refractivity contribution in [3.63, 3.8) is 0 Å². The van der Waals surface area contributed by atoms with Gasteiger partial charge in [0.05, 0.1) is 5.56 Å². The zero-order valence-corrected chi connectivity index (χ0v) is 15.6. The average molecular weight is 426 g/mol. The molecule has 1 aromatic carbocycles. The number of alkyl halides is 6. The molecule has 1 aliphatic rings. The molecule has 1 aromatic rings. The Balaban J connectivity index is 2.05. The van der Waals surface area contributed by atoms with Crippen LogP contribution in [-0.2, 0) is 11.0 Å². The second kappa shape index (κ2) is 8.21. The minimum atomic E-state index is -5.06. The number of hydrogen-bond donors (Lipinski definition) is 1. The molecule has 5 nitrogen and oxygen atoms in total. The lowest BCUT2D eigenvalue weighted by Gasteiger charge is -2.41. The van der Waals surface area contributed by atoms with Crippen molar-refractivity contribution in [1.82, 2.24) is 9.80 Å². The van der Waals surface area contributed by atoms with Crippen molar-refractivity contribution < 1.29 is 41.0 Å². The van der Waals surface area contributed by atoms with Crippen LogP contribution >= 0.6 is 0 Å². The van der Waals surface area contributed by atoms with Gasteiger partial charge in [-0.25, -0.2) is 0 Å². The van der Waals surface area contributed by atoms with E-state index in [4.69, 9.17) is 5.11 Å². The van der Waals surface area contributed by atoms with Crippen molar-refractivity contribution in [2.45, 2.75) is 37.8 Å². The third-order valence-corrected chi connectivity index (χ3v) is 4.99. The van der Waals surface area contributed by atoms with Crippen LogP contribution in [0.5, 0.6) is 0 Å². The second-order valence-electron chi connectivity index (χ2n) is 7.05. The summed E-state index contributed by atoms with van der Waals surface area (Å²) in [4.78, 5) is 26.6. The van der Waals surface area contributed by atoms with E-state index in [0.29, 0.717) is 0 Å². The highest BCUT2D eigenvalue weighted by atomic mass is 19.4. The lowest BCUT2D eigenvalue weighted by atomic mass is 9.91. The lowest BCUT2D eigenvalue weighted by molar-refractivity contribution is -0.211. The van der Waals surface area contributed by atoms with Crippen LogP contribution in [0.15, 0.2) is 24.3 Å². The third kappa shape index (κ3) is 5.20. The van der Waals surface area contributed by atoms with Crippen molar-refractivity contribution in [3.8, 4) is 0 Å². The first kappa shape index (κ1) is 23.0. The lowest BCUT2D eigenvalue weighted by Crippen LogP contribution is -2.55. The summed E-state index contributed by atoms with van der Waals surface area (Å²) in [5.74, 6) is -2.39. The van der Waals surface area contributed by atoms with Gasteiger partial charge in [-0.15, -0.1) is 0 Å². The van der Waals surface area contributed by atoms with Crippen molar-refractivity contribution in [2.24, 2.45) is 5.92 Å². The fraction of sp³-hybridized carbons (Fsp3) is 0.556. The molecule has 0 aromatic heterocycles. The van der Waals surface area contributed by atoms with Gasteiger partial charge < -0.3 is 14.9 Å². The maximum atomic E-state index is 12.6. The van der Waals surface area contributed by atoms with Crippen molar-refractivity contribution in [1.29, 1.82) is 0 Å². The van der Waals surface area contributed by atoms with E-state index in [1.54, 1.807) is 6.92 Å². The molecule has 0 aliphatic carbocycles. The molecule has 1 fully saturated rings. The van der Waals surface area contributed by atoms with Gasteiger partial charge in [0.2, 0.25) is 6.10 Å². The van der Waals surface area contributed by atoms with Crippen LogP contribution in [-0.4, -0.2) is 65.2 Å². The molecule has 29 heavy (non-hydrogen) atoms. The van der Waals surface area contributed by atoms with E-state index in [1.165, 1.54) is 11.9 Å². The van der Waals surface area contributed by atoms with Gasteiger partial charge in [0.1, 0.15) is 0 Å². The Morgan fingerprint density at radius 2 is 1.69 bits per heavy atom. The number of nitrogens with zero attached hydrogens (tertiary/aromatic N) is 2. The number of carbonyl (C=O) groups is 2. The topological polar surface area (TPSA) is 60.9 Å². The number of benzene rings is 1. The first-order valence-corrected chi connectivity index (χ1v) is 8.71. The molecule has 2 rings (SSSR count). The molecular weight excluding hydrogens is 406 g/mol. The molecule has 1 aliphatic heterocycles. The number of carbonyl (C=O) groups excluding carboxylic acids is 2. The monoisotopic (exact) mass is 426 g/mol. The number of aliphatic hydroxyl groups excluding tert-OH is 1. The second-order valence-corrected chi connectivity index (χ2v) is 7.05. The van der Waals surface area contributed by atoms with Crippen LogP contribution in [0.2, 0.25) is 0 Å². The maximum Gasteiger partial charge on any atom is 0.423 e. The van der Waals surface area contributed by atoms with Crippen LogP contribution in [0.3, 0.4) is 0 Å². The smallest absolute Gasteiger partial charge is 0.376 e. The normalized spacial score (nSPS) is 21.6. The quantitative estimate of drug-likeness (QED) is 0.757. The van der Waals surface area contributed by atoms with E-state index in [0.717, 1.165) is 29.2 Å². The molecule has 0 radical (unpaired) electrons. The van der Waals surface area contributed by atoms with E-state index in [2.05, 4.69) is 0 Å². The van der Waals surface area contributed by atoms with Crippen molar-refractivity contribution in [3.05, 3.63) is 35.4 Å². The minimum absolute atomic E-state index is 0.0405. The van der Waals surface area contributed by atoms with E-state index >= 15 is 0 Å². The number of piperidine rings is 1. The number of rotatable bonds is 3. The zero-order valence-electron chi connectivity index (χ0n) is 15.6. The predicted molar refractivity (Wildman–Crippen MR) is 89.7 cm³/mol. The van der Waals surface area contributed by atoms with E-state index in [-0.39, 0.29) is 25.1 Å². The van der Waals surface area contributed by atoms with Crippen LogP contribution < -0.4 is 0 Å². The molecular formula is C18H20F6N2O3. The highest BCUT2D eigenvalue weighted by molar-refractivity contribution is 5.94. The molecule has 162 valence electrons. The standard InChI is InChI=1S/C18H20F6N2O3/c1-10-9-26(16(29)14(27)18(22,23)24)8-7-13(10)25(2)15(28)11-3-5-12(6-4-11)17(19,20)21/h3-6,10,13-14,27H,7-9H2,1-2H3/t10?,13?,14-/m1/s1. The molecule has 0 spiro atoms. The number of halogens is 6. The van der Waals surface area contributed by atoms with Crippen molar-refractivity contribution >= 4 is 11.8 Å². The van der Waals surface area contributed by atoms with Gasteiger partial charge >= 0.3 is 12.4 Å². The Bertz CT molecular complexity index is 747. The Morgan fingerprint density at radius 3 is 2.14 bits per heavy atom. The van der Waals surface area contributed by atoms with Gasteiger partial charge in [-0.05, 0) is 36.6 Å². The summed E-state index contributed by atoms with van der Waals surface area (Å²) in [6.45, 7) is 1.45. The molecule has 2 amide bonds. The summed E-state index contributed by atoms with van der Waals surface area (Å²) in [7, 11) is 1.45. The van der Waals surface area contributed by atoms with E-state index in [1.807, 2.05) is 0 Å². The first-order chi connectivity index (χ1) is 13.2. The number of likely N-dealkylation sites (tertiary alicyclic amines) is 1. The Hall–Kier alpha value is -2.30. The van der Waals surface area contributed by atoms with Gasteiger partial charge in [-0.3, -0.25) is 9.59 Å². The largest absolute Gasteiger partial charge is 0.423 e. The van der Waals surface area contributed by atoms with Gasteiger partial charge in [0.15, 0.2) is 0 Å². The molecule has 0 saturated carbocycles.